The van der Waals surface area contributed by atoms with Gasteiger partial charge in [0.15, 0.2) is 0 Å². The zero-order chi connectivity index (χ0) is 28.8. The minimum atomic E-state index is -3.75. The van der Waals surface area contributed by atoms with E-state index in [9.17, 15) is 8.42 Å². The first kappa shape index (κ1) is 30.3. The van der Waals surface area contributed by atoms with Crippen molar-refractivity contribution in [2.45, 2.75) is 149 Å². The highest BCUT2D eigenvalue weighted by Gasteiger charge is 2.61. The SMILES string of the molecule is CCCCCCCC[C@H]1CC[C@@]2(C)C3=C(CC[C@]12C)[C@@]1(C)CC[C@H](OS(=O)(=O)c2ccc(C)cc2)[C@@H](C)[C@@H]1CC3. The van der Waals surface area contributed by atoms with E-state index < -0.39 is 10.1 Å². The van der Waals surface area contributed by atoms with Gasteiger partial charge in [-0.05, 0) is 111 Å². The number of hydrogen-bond donors (Lipinski definition) is 0. The Morgan fingerprint density at radius 3 is 2.27 bits per heavy atom. The summed E-state index contributed by atoms with van der Waals surface area (Å²) in [5.74, 6) is 1.60. The third kappa shape index (κ3) is 5.16. The predicted octanol–water partition coefficient (Wildman–Crippen LogP) is 10.2. The molecule has 0 spiro atoms. The molecule has 4 aliphatic rings. The molecule has 0 amide bonds. The Kier molecular flexibility index (Phi) is 8.73. The van der Waals surface area contributed by atoms with E-state index >= 15 is 0 Å². The number of rotatable bonds is 10. The Morgan fingerprint density at radius 2 is 1.55 bits per heavy atom. The van der Waals surface area contributed by atoms with Gasteiger partial charge in [-0.3, -0.25) is 4.18 Å². The van der Waals surface area contributed by atoms with Gasteiger partial charge in [0.25, 0.3) is 10.1 Å². The molecule has 4 aliphatic carbocycles. The van der Waals surface area contributed by atoms with Crippen LogP contribution in [0.2, 0.25) is 0 Å². The number of allylic oxidation sites excluding steroid dienone is 2. The lowest BCUT2D eigenvalue weighted by molar-refractivity contribution is -0.0270. The Bertz CT molecular complexity index is 1180. The van der Waals surface area contributed by atoms with Gasteiger partial charge < -0.3 is 0 Å². The first-order valence-corrected chi connectivity index (χ1v) is 18.1. The molecule has 3 nitrogen and oxygen atoms in total. The molecule has 0 N–H and O–H groups in total. The summed E-state index contributed by atoms with van der Waals surface area (Å²) in [7, 11) is -3.75. The van der Waals surface area contributed by atoms with E-state index in [1.165, 1.54) is 83.5 Å². The lowest BCUT2D eigenvalue weighted by Gasteiger charge is -2.59. The molecule has 0 aromatic heterocycles. The highest BCUT2D eigenvalue weighted by atomic mass is 32.2. The highest BCUT2D eigenvalue weighted by molar-refractivity contribution is 7.86. The molecule has 4 heteroatoms. The number of hydrogen-bond acceptors (Lipinski definition) is 3. The molecule has 2 fully saturated rings. The minimum absolute atomic E-state index is 0.183. The first-order chi connectivity index (χ1) is 19.0. The fourth-order valence-corrected chi connectivity index (χ4v) is 11.3. The second kappa shape index (κ2) is 11.5. The summed E-state index contributed by atoms with van der Waals surface area (Å²) in [4.78, 5) is 0.281. The summed E-state index contributed by atoms with van der Waals surface area (Å²) in [6, 6.07) is 7.07. The van der Waals surface area contributed by atoms with E-state index in [2.05, 4.69) is 34.6 Å². The van der Waals surface area contributed by atoms with Crippen molar-refractivity contribution in [3.63, 3.8) is 0 Å². The zero-order valence-electron chi connectivity index (χ0n) is 26.4. The molecule has 0 unspecified atom stereocenters. The van der Waals surface area contributed by atoms with Crippen LogP contribution in [0.4, 0.5) is 0 Å². The van der Waals surface area contributed by atoms with Crippen LogP contribution in [0.25, 0.3) is 0 Å². The fourth-order valence-electron chi connectivity index (χ4n) is 10.1. The maximum absolute atomic E-state index is 13.2. The topological polar surface area (TPSA) is 43.4 Å². The molecule has 40 heavy (non-hydrogen) atoms. The van der Waals surface area contributed by atoms with E-state index in [1.54, 1.807) is 17.7 Å². The molecule has 224 valence electrons. The summed E-state index contributed by atoms with van der Waals surface area (Å²) in [5, 5.41) is 0. The Balaban J connectivity index is 1.30. The molecule has 0 radical (unpaired) electrons. The second-order valence-electron chi connectivity index (χ2n) is 14.9. The van der Waals surface area contributed by atoms with Gasteiger partial charge in [0.1, 0.15) is 0 Å². The molecule has 0 aliphatic heterocycles. The average molecular weight is 569 g/mol. The van der Waals surface area contributed by atoms with Gasteiger partial charge >= 0.3 is 0 Å². The van der Waals surface area contributed by atoms with Crippen LogP contribution in [0.5, 0.6) is 0 Å². The van der Waals surface area contributed by atoms with Crippen molar-refractivity contribution < 1.29 is 12.6 Å². The highest BCUT2D eigenvalue weighted by Crippen LogP contribution is 2.71. The summed E-state index contributed by atoms with van der Waals surface area (Å²) >= 11 is 0. The average Bonchev–Trinajstić information content (AvgIpc) is 3.18. The van der Waals surface area contributed by atoms with Crippen molar-refractivity contribution in [1.82, 2.24) is 0 Å². The van der Waals surface area contributed by atoms with Crippen LogP contribution < -0.4 is 0 Å². The molecule has 1 aromatic rings. The van der Waals surface area contributed by atoms with Crippen LogP contribution in [0.3, 0.4) is 0 Å². The van der Waals surface area contributed by atoms with Gasteiger partial charge in [-0.2, -0.15) is 8.42 Å². The standard InChI is InChI=1S/C36H56O3S/c1-7-8-9-10-11-12-13-28-20-24-36(6)32-19-18-30-27(3)33(39-40(37,38)29-16-14-26(2)15-17-29)22-23-34(30,4)31(32)21-25-35(28,36)5/h14-17,27-28,30,33H,7-13,18-25H2,1-6H3/t27-,28-,30-,33-,34-,35+,36-/m0/s1. The van der Waals surface area contributed by atoms with Crippen molar-refractivity contribution in [1.29, 1.82) is 0 Å². The Labute approximate surface area is 246 Å². The maximum Gasteiger partial charge on any atom is 0.297 e. The van der Waals surface area contributed by atoms with E-state index in [0.717, 1.165) is 24.3 Å². The van der Waals surface area contributed by atoms with Crippen LogP contribution in [0.15, 0.2) is 40.3 Å². The quantitative estimate of drug-likeness (QED) is 0.160. The third-order valence-corrected chi connectivity index (χ3v) is 14.3. The van der Waals surface area contributed by atoms with Crippen molar-refractivity contribution in [2.75, 3.05) is 0 Å². The van der Waals surface area contributed by atoms with Gasteiger partial charge in [-0.1, -0.05) is 102 Å². The summed E-state index contributed by atoms with van der Waals surface area (Å²) < 4.78 is 32.3. The van der Waals surface area contributed by atoms with Crippen LogP contribution >= 0.6 is 0 Å². The molecule has 2 saturated carbocycles. The van der Waals surface area contributed by atoms with E-state index in [0.29, 0.717) is 16.7 Å². The van der Waals surface area contributed by atoms with Crippen molar-refractivity contribution in [3.05, 3.63) is 41.0 Å². The van der Waals surface area contributed by atoms with Gasteiger partial charge in [0, 0.05) is 0 Å². The summed E-state index contributed by atoms with van der Waals surface area (Å²) in [5.41, 5.74) is 5.61. The molecule has 0 bridgehead atoms. The fraction of sp³-hybridized carbons (Fsp3) is 0.778. The number of fused-ring (bicyclic) bond motifs is 4. The number of benzene rings is 1. The molecule has 0 saturated heterocycles. The monoisotopic (exact) mass is 568 g/mol. The lowest BCUT2D eigenvalue weighted by atomic mass is 9.45. The van der Waals surface area contributed by atoms with E-state index in [-0.39, 0.29) is 22.3 Å². The lowest BCUT2D eigenvalue weighted by Crippen LogP contribution is -2.51. The normalized spacial score (nSPS) is 37.6. The van der Waals surface area contributed by atoms with Crippen LogP contribution in [0.1, 0.15) is 136 Å². The van der Waals surface area contributed by atoms with Gasteiger partial charge in [-0.25, -0.2) is 0 Å². The molecule has 1 aromatic carbocycles. The van der Waals surface area contributed by atoms with E-state index in [1.807, 2.05) is 24.6 Å². The molecule has 0 heterocycles. The number of aryl methyl sites for hydroxylation is 1. The van der Waals surface area contributed by atoms with Crippen molar-refractivity contribution in [3.8, 4) is 0 Å². The molecular weight excluding hydrogens is 512 g/mol. The Hall–Kier alpha value is -1.13. The van der Waals surface area contributed by atoms with Gasteiger partial charge in [0.05, 0.1) is 11.0 Å². The maximum atomic E-state index is 13.2. The zero-order valence-corrected chi connectivity index (χ0v) is 27.2. The largest absolute Gasteiger partial charge is 0.297 e. The number of unbranched alkanes of at least 4 members (excludes halogenated alkanes) is 5. The smallest absolute Gasteiger partial charge is 0.263 e. The van der Waals surface area contributed by atoms with Gasteiger partial charge in [0.2, 0.25) is 0 Å². The third-order valence-electron chi connectivity index (χ3n) is 12.9. The van der Waals surface area contributed by atoms with Crippen LogP contribution in [-0.2, 0) is 14.3 Å². The molecule has 5 rings (SSSR count). The molecule has 7 atom stereocenters. The second-order valence-corrected chi connectivity index (χ2v) is 16.4. The summed E-state index contributed by atoms with van der Waals surface area (Å²) in [6.45, 7) is 14.4. The van der Waals surface area contributed by atoms with Gasteiger partial charge in [-0.15, -0.1) is 0 Å². The van der Waals surface area contributed by atoms with Crippen LogP contribution in [0, 0.1) is 40.9 Å². The van der Waals surface area contributed by atoms with E-state index in [4.69, 9.17) is 4.18 Å². The molecular formula is C36H56O3S. The first-order valence-electron chi connectivity index (χ1n) is 16.7. The predicted molar refractivity (Wildman–Crippen MR) is 166 cm³/mol. The van der Waals surface area contributed by atoms with Crippen molar-refractivity contribution in [2.24, 2.45) is 34.0 Å². The van der Waals surface area contributed by atoms with Crippen LogP contribution in [-0.4, -0.2) is 14.5 Å². The summed E-state index contributed by atoms with van der Waals surface area (Å²) in [6.07, 6.45) is 19.2. The van der Waals surface area contributed by atoms with Crippen molar-refractivity contribution >= 4 is 10.1 Å². The Morgan fingerprint density at radius 1 is 0.850 bits per heavy atom. The minimum Gasteiger partial charge on any atom is -0.263 e.